The molecule has 120 valence electrons. The number of hydrogen-bond acceptors (Lipinski definition) is 2. The van der Waals surface area contributed by atoms with Gasteiger partial charge < -0.3 is 0 Å². The van der Waals surface area contributed by atoms with Crippen molar-refractivity contribution in [1.82, 2.24) is 4.90 Å². The number of piperidine rings is 1. The largest absolute Gasteiger partial charge is 0.300 e. The molecule has 2 heterocycles. The monoisotopic (exact) mass is 299 g/mol. The summed E-state index contributed by atoms with van der Waals surface area (Å²) >= 11 is 0. The number of rotatable bonds is 4. The average Bonchev–Trinajstić information content (AvgIpc) is 2.76. The minimum absolute atomic E-state index is 0.193. The summed E-state index contributed by atoms with van der Waals surface area (Å²) in [4.78, 5) is 15.1. The molecule has 22 heavy (non-hydrogen) atoms. The van der Waals surface area contributed by atoms with Gasteiger partial charge in [-0.25, -0.2) is 0 Å². The maximum absolute atomic E-state index is 12.6. The van der Waals surface area contributed by atoms with Crippen molar-refractivity contribution in [2.75, 3.05) is 7.05 Å². The molecule has 0 saturated carbocycles. The fourth-order valence-corrected chi connectivity index (χ4v) is 4.61. The first-order valence-electron chi connectivity index (χ1n) is 8.87. The minimum Gasteiger partial charge on any atom is -0.300 e. The fourth-order valence-electron chi connectivity index (χ4n) is 4.61. The van der Waals surface area contributed by atoms with E-state index in [0.29, 0.717) is 36.1 Å². The normalized spacial score (nSPS) is 31.7. The van der Waals surface area contributed by atoms with Crippen LogP contribution in [0.2, 0.25) is 0 Å². The number of nitrogens with zero attached hydrogens (tertiary/aromatic N) is 1. The Bertz CT molecular complexity index is 533. The maximum atomic E-state index is 12.6. The zero-order valence-corrected chi connectivity index (χ0v) is 14.4. The molecular weight excluding hydrogens is 270 g/mol. The van der Waals surface area contributed by atoms with E-state index in [1.165, 1.54) is 24.0 Å². The third kappa shape index (κ3) is 2.62. The Labute approximate surface area is 134 Å². The van der Waals surface area contributed by atoms with Gasteiger partial charge in [-0.05, 0) is 49.3 Å². The smallest absolute Gasteiger partial charge is 0.137 e. The van der Waals surface area contributed by atoms with Gasteiger partial charge >= 0.3 is 0 Å². The summed E-state index contributed by atoms with van der Waals surface area (Å²) in [6.07, 6.45) is 4.26. The lowest BCUT2D eigenvalue weighted by atomic mass is 9.73. The highest BCUT2D eigenvalue weighted by Gasteiger charge is 2.48. The van der Waals surface area contributed by atoms with Crippen LogP contribution in [0.4, 0.5) is 0 Å². The van der Waals surface area contributed by atoms with Crippen molar-refractivity contribution in [3.8, 4) is 0 Å². The lowest BCUT2D eigenvalue weighted by Gasteiger charge is -2.42. The van der Waals surface area contributed by atoms with E-state index >= 15 is 0 Å². The highest BCUT2D eigenvalue weighted by atomic mass is 16.1. The number of ketones is 1. The summed E-state index contributed by atoms with van der Waals surface area (Å²) in [5, 5.41) is 0. The molecule has 2 heteroatoms. The van der Waals surface area contributed by atoms with Crippen molar-refractivity contribution in [2.45, 2.75) is 70.4 Å². The molecule has 0 amide bonds. The Hall–Kier alpha value is -1.15. The van der Waals surface area contributed by atoms with Crippen LogP contribution in [0.5, 0.6) is 0 Å². The number of carbonyl (C=O) groups is 1. The summed E-state index contributed by atoms with van der Waals surface area (Å²) in [6, 6.07) is 10.2. The Kier molecular flexibility index (Phi) is 4.40. The molecule has 0 spiro atoms. The molecule has 3 rings (SSSR count). The Morgan fingerprint density at radius 3 is 2.50 bits per heavy atom. The van der Waals surface area contributed by atoms with Gasteiger partial charge in [-0.2, -0.15) is 0 Å². The molecule has 1 aromatic carbocycles. The number of Topliss-reactive ketones (excluding diaryl/α,β-unsaturated/α-hetero) is 1. The molecule has 0 aliphatic carbocycles. The van der Waals surface area contributed by atoms with E-state index in [2.05, 4.69) is 50.1 Å². The second-order valence-corrected chi connectivity index (χ2v) is 7.47. The van der Waals surface area contributed by atoms with Gasteiger partial charge in [0.05, 0.1) is 0 Å². The Morgan fingerprint density at radius 1 is 1.23 bits per heavy atom. The maximum Gasteiger partial charge on any atom is 0.137 e. The molecule has 2 unspecified atom stereocenters. The molecule has 0 aromatic heterocycles. The van der Waals surface area contributed by atoms with Gasteiger partial charge in [0.25, 0.3) is 0 Å². The van der Waals surface area contributed by atoms with Crippen molar-refractivity contribution in [2.24, 2.45) is 5.92 Å². The van der Waals surface area contributed by atoms with Crippen LogP contribution in [-0.2, 0) is 4.79 Å². The van der Waals surface area contributed by atoms with E-state index in [0.717, 1.165) is 6.42 Å². The van der Waals surface area contributed by atoms with Crippen molar-refractivity contribution in [3.63, 3.8) is 0 Å². The van der Waals surface area contributed by atoms with E-state index in [9.17, 15) is 4.79 Å². The highest BCUT2D eigenvalue weighted by molar-refractivity contribution is 5.82. The fraction of sp³-hybridized carbons (Fsp3) is 0.650. The topological polar surface area (TPSA) is 20.3 Å². The summed E-state index contributed by atoms with van der Waals surface area (Å²) in [5.74, 6) is 1.63. The first kappa shape index (κ1) is 15.7. The first-order chi connectivity index (χ1) is 10.5. The summed E-state index contributed by atoms with van der Waals surface area (Å²) < 4.78 is 0. The molecule has 2 saturated heterocycles. The summed E-state index contributed by atoms with van der Waals surface area (Å²) in [6.45, 7) is 6.48. The lowest BCUT2D eigenvalue weighted by molar-refractivity contribution is -0.126. The van der Waals surface area contributed by atoms with Crippen LogP contribution >= 0.6 is 0 Å². The molecule has 4 atom stereocenters. The lowest BCUT2D eigenvalue weighted by Crippen LogP contribution is -2.48. The van der Waals surface area contributed by atoms with Gasteiger partial charge in [-0.3, -0.25) is 9.69 Å². The molecular formula is C20H29NO. The standard InChI is InChI=1S/C20H29NO/c1-5-19(22)20-17(12-16-10-11-18(20)21(16)4)15-8-6-14(7-9-15)13(2)3/h6-9,13,16-18,20H,5,10-12H2,1-4H3/t16?,17-,18?,20+/m1/s1. The molecule has 2 bridgehead atoms. The third-order valence-electron chi connectivity index (χ3n) is 6.02. The van der Waals surface area contributed by atoms with Crippen LogP contribution < -0.4 is 0 Å². The number of hydrogen-bond donors (Lipinski definition) is 0. The summed E-state index contributed by atoms with van der Waals surface area (Å²) in [7, 11) is 2.22. The molecule has 2 aliphatic heterocycles. The summed E-state index contributed by atoms with van der Waals surface area (Å²) in [5.41, 5.74) is 2.76. The molecule has 2 fully saturated rings. The van der Waals surface area contributed by atoms with Gasteiger partial charge in [0, 0.05) is 24.4 Å². The Morgan fingerprint density at radius 2 is 1.91 bits per heavy atom. The van der Waals surface area contributed by atoms with Crippen molar-refractivity contribution >= 4 is 5.78 Å². The molecule has 1 aromatic rings. The van der Waals surface area contributed by atoms with E-state index < -0.39 is 0 Å². The van der Waals surface area contributed by atoms with Crippen LogP contribution in [0.25, 0.3) is 0 Å². The van der Waals surface area contributed by atoms with Crippen molar-refractivity contribution < 1.29 is 4.79 Å². The quantitative estimate of drug-likeness (QED) is 0.823. The van der Waals surface area contributed by atoms with E-state index in [1.807, 2.05) is 6.92 Å². The van der Waals surface area contributed by atoms with Crippen LogP contribution in [0.3, 0.4) is 0 Å². The van der Waals surface area contributed by atoms with Crippen LogP contribution in [0, 0.1) is 5.92 Å². The SMILES string of the molecule is CCC(=O)[C@@H]1C2CCC(C[C@@H]1c1ccc(C(C)C)cc1)N2C. The molecule has 2 aliphatic rings. The third-order valence-corrected chi connectivity index (χ3v) is 6.02. The van der Waals surface area contributed by atoms with Crippen LogP contribution in [0.15, 0.2) is 24.3 Å². The van der Waals surface area contributed by atoms with E-state index in [1.54, 1.807) is 0 Å². The molecule has 2 nitrogen and oxygen atoms in total. The van der Waals surface area contributed by atoms with Crippen LogP contribution in [0.1, 0.15) is 69.4 Å². The second-order valence-electron chi connectivity index (χ2n) is 7.47. The van der Waals surface area contributed by atoms with Crippen molar-refractivity contribution in [1.29, 1.82) is 0 Å². The van der Waals surface area contributed by atoms with E-state index in [4.69, 9.17) is 0 Å². The second kappa shape index (κ2) is 6.16. The Balaban J connectivity index is 1.91. The van der Waals surface area contributed by atoms with Gasteiger partial charge in [0.15, 0.2) is 0 Å². The van der Waals surface area contributed by atoms with Gasteiger partial charge in [0.1, 0.15) is 5.78 Å². The number of carbonyl (C=O) groups excluding carboxylic acids is 1. The average molecular weight is 299 g/mol. The van der Waals surface area contributed by atoms with Crippen molar-refractivity contribution in [3.05, 3.63) is 35.4 Å². The molecule has 0 radical (unpaired) electrons. The first-order valence-corrected chi connectivity index (χ1v) is 8.87. The van der Waals surface area contributed by atoms with Gasteiger partial charge in [0.2, 0.25) is 0 Å². The minimum atomic E-state index is 0.193. The molecule has 0 N–H and O–H groups in total. The number of fused-ring (bicyclic) bond motifs is 2. The van der Waals surface area contributed by atoms with Gasteiger partial charge in [-0.1, -0.05) is 45.0 Å². The van der Waals surface area contributed by atoms with E-state index in [-0.39, 0.29) is 5.92 Å². The number of benzene rings is 1. The van der Waals surface area contributed by atoms with Crippen LogP contribution in [-0.4, -0.2) is 29.8 Å². The highest BCUT2D eigenvalue weighted by Crippen LogP contribution is 2.46. The zero-order valence-electron chi connectivity index (χ0n) is 14.4. The zero-order chi connectivity index (χ0) is 15.9. The predicted molar refractivity (Wildman–Crippen MR) is 91.3 cm³/mol. The predicted octanol–water partition coefficient (Wildman–Crippen LogP) is 4.36. The van der Waals surface area contributed by atoms with Gasteiger partial charge in [-0.15, -0.1) is 0 Å².